The average molecular weight is 366 g/mol. The number of carbonyl (C=O) groups is 3. The average Bonchev–Trinajstić information content (AvgIpc) is 2.66. The van der Waals surface area contributed by atoms with Gasteiger partial charge in [-0.3, -0.25) is 19.3 Å². The monoisotopic (exact) mass is 366 g/mol. The summed E-state index contributed by atoms with van der Waals surface area (Å²) in [6, 6.07) is 15.9. The van der Waals surface area contributed by atoms with Gasteiger partial charge in [0, 0.05) is 24.3 Å². The molecule has 6 nitrogen and oxygen atoms in total. The van der Waals surface area contributed by atoms with Crippen LogP contribution in [0.4, 0.5) is 5.69 Å². The molecule has 140 valence electrons. The van der Waals surface area contributed by atoms with E-state index in [0.717, 1.165) is 5.56 Å². The van der Waals surface area contributed by atoms with E-state index in [2.05, 4.69) is 5.32 Å². The summed E-state index contributed by atoms with van der Waals surface area (Å²) in [5.41, 5.74) is 2.25. The third-order valence-corrected chi connectivity index (χ3v) is 4.52. The number of amides is 1. The number of morpholine rings is 1. The van der Waals surface area contributed by atoms with Crippen LogP contribution in [0.3, 0.4) is 0 Å². The first-order valence-electron chi connectivity index (χ1n) is 8.88. The molecule has 2 aromatic rings. The third-order valence-electron chi connectivity index (χ3n) is 4.52. The SMILES string of the molecule is CC(=O)c1ccc(NC(=O)CC2C(=O)OCCN2Cc2ccccc2)cc1. The zero-order valence-corrected chi connectivity index (χ0v) is 15.2. The second kappa shape index (κ2) is 8.60. The first kappa shape index (κ1) is 18.8. The molecule has 1 heterocycles. The fourth-order valence-electron chi connectivity index (χ4n) is 3.06. The van der Waals surface area contributed by atoms with Gasteiger partial charge in [0.1, 0.15) is 12.6 Å². The van der Waals surface area contributed by atoms with Gasteiger partial charge in [-0.25, -0.2) is 0 Å². The van der Waals surface area contributed by atoms with Crippen molar-refractivity contribution in [2.45, 2.75) is 25.9 Å². The highest BCUT2D eigenvalue weighted by atomic mass is 16.5. The number of hydrogen-bond acceptors (Lipinski definition) is 5. The van der Waals surface area contributed by atoms with Gasteiger partial charge >= 0.3 is 5.97 Å². The number of esters is 1. The Morgan fingerprint density at radius 2 is 1.81 bits per heavy atom. The molecular weight excluding hydrogens is 344 g/mol. The highest BCUT2D eigenvalue weighted by Crippen LogP contribution is 2.17. The lowest BCUT2D eigenvalue weighted by Gasteiger charge is -2.33. The van der Waals surface area contributed by atoms with E-state index in [9.17, 15) is 14.4 Å². The topological polar surface area (TPSA) is 75.7 Å². The summed E-state index contributed by atoms with van der Waals surface area (Å²) in [6.07, 6.45) is 0.0140. The molecule has 0 bridgehead atoms. The smallest absolute Gasteiger partial charge is 0.323 e. The predicted molar refractivity (Wildman–Crippen MR) is 101 cm³/mol. The number of benzene rings is 2. The fourth-order valence-corrected chi connectivity index (χ4v) is 3.06. The largest absolute Gasteiger partial charge is 0.463 e. The van der Waals surface area contributed by atoms with E-state index >= 15 is 0 Å². The van der Waals surface area contributed by atoms with E-state index in [1.54, 1.807) is 24.3 Å². The Morgan fingerprint density at radius 1 is 1.11 bits per heavy atom. The third kappa shape index (κ3) is 5.01. The van der Waals surface area contributed by atoms with Crippen LogP contribution in [0.2, 0.25) is 0 Å². The maximum Gasteiger partial charge on any atom is 0.323 e. The molecule has 0 aromatic heterocycles. The summed E-state index contributed by atoms with van der Waals surface area (Å²) in [4.78, 5) is 37.9. The molecule has 2 aromatic carbocycles. The van der Waals surface area contributed by atoms with Gasteiger partial charge in [0.15, 0.2) is 5.78 Å². The molecule has 1 aliphatic heterocycles. The zero-order valence-electron chi connectivity index (χ0n) is 15.2. The lowest BCUT2D eigenvalue weighted by atomic mass is 10.1. The van der Waals surface area contributed by atoms with Crippen molar-refractivity contribution >= 4 is 23.3 Å². The maximum absolute atomic E-state index is 12.4. The molecule has 1 amide bonds. The molecule has 1 aliphatic rings. The van der Waals surface area contributed by atoms with Gasteiger partial charge in [0.2, 0.25) is 5.91 Å². The van der Waals surface area contributed by atoms with Gasteiger partial charge in [-0.15, -0.1) is 0 Å². The van der Waals surface area contributed by atoms with Crippen molar-refractivity contribution in [1.82, 2.24) is 4.90 Å². The number of nitrogens with one attached hydrogen (secondary N) is 1. The second-order valence-corrected chi connectivity index (χ2v) is 6.53. The van der Waals surface area contributed by atoms with Gasteiger partial charge in [-0.05, 0) is 36.8 Å². The summed E-state index contributed by atoms with van der Waals surface area (Å²) in [7, 11) is 0. The van der Waals surface area contributed by atoms with Crippen molar-refractivity contribution in [2.24, 2.45) is 0 Å². The molecule has 1 atom stereocenters. The summed E-state index contributed by atoms with van der Waals surface area (Å²) < 4.78 is 5.15. The quantitative estimate of drug-likeness (QED) is 0.628. The van der Waals surface area contributed by atoms with Crippen molar-refractivity contribution in [3.05, 3.63) is 65.7 Å². The molecule has 6 heteroatoms. The summed E-state index contributed by atoms with van der Waals surface area (Å²) in [5.74, 6) is -0.680. The molecule has 1 saturated heterocycles. The van der Waals surface area contributed by atoms with Crippen LogP contribution in [0.15, 0.2) is 54.6 Å². The molecule has 0 spiro atoms. The Morgan fingerprint density at radius 3 is 2.48 bits per heavy atom. The van der Waals surface area contributed by atoms with Crippen LogP contribution >= 0.6 is 0 Å². The normalized spacial score (nSPS) is 17.2. The highest BCUT2D eigenvalue weighted by molar-refractivity contribution is 5.96. The van der Waals surface area contributed by atoms with Gasteiger partial charge in [0.05, 0.1) is 6.42 Å². The van der Waals surface area contributed by atoms with Crippen LogP contribution in [-0.4, -0.2) is 41.8 Å². The Hall–Kier alpha value is -2.99. The number of carbonyl (C=O) groups excluding carboxylic acids is 3. The predicted octanol–water partition coefficient (Wildman–Crippen LogP) is 2.65. The van der Waals surface area contributed by atoms with E-state index in [1.807, 2.05) is 35.2 Å². The van der Waals surface area contributed by atoms with Crippen molar-refractivity contribution < 1.29 is 19.1 Å². The maximum atomic E-state index is 12.4. The van der Waals surface area contributed by atoms with Crippen LogP contribution < -0.4 is 5.32 Å². The molecule has 0 radical (unpaired) electrons. The van der Waals surface area contributed by atoms with Crippen molar-refractivity contribution in [3.8, 4) is 0 Å². The Bertz CT molecular complexity index is 818. The number of nitrogens with zero attached hydrogens (tertiary/aromatic N) is 1. The van der Waals surface area contributed by atoms with E-state index in [0.29, 0.717) is 30.9 Å². The van der Waals surface area contributed by atoms with Gasteiger partial charge in [-0.1, -0.05) is 30.3 Å². The summed E-state index contributed by atoms with van der Waals surface area (Å²) in [6.45, 7) is 2.99. The Labute approximate surface area is 158 Å². The minimum atomic E-state index is -0.615. The van der Waals surface area contributed by atoms with Crippen LogP contribution in [-0.2, 0) is 20.9 Å². The number of cyclic esters (lactones) is 1. The standard InChI is InChI=1S/C21H22N2O4/c1-15(24)17-7-9-18(10-8-17)22-20(25)13-19-21(26)27-12-11-23(19)14-16-5-3-2-4-6-16/h2-10,19H,11-14H2,1H3,(H,22,25). The van der Waals surface area contributed by atoms with E-state index in [-0.39, 0.29) is 24.1 Å². The molecule has 1 fully saturated rings. The van der Waals surface area contributed by atoms with Gasteiger partial charge in [0.25, 0.3) is 0 Å². The highest BCUT2D eigenvalue weighted by Gasteiger charge is 2.33. The molecule has 0 saturated carbocycles. The summed E-state index contributed by atoms with van der Waals surface area (Å²) in [5, 5.41) is 2.78. The molecular formula is C21H22N2O4. The molecule has 1 unspecified atom stereocenters. The molecule has 0 aliphatic carbocycles. The number of Topliss-reactive ketones (excluding diaryl/α,β-unsaturated/α-hetero) is 1. The minimum Gasteiger partial charge on any atom is -0.463 e. The van der Waals surface area contributed by atoms with Crippen LogP contribution in [0.25, 0.3) is 0 Å². The van der Waals surface area contributed by atoms with Gasteiger partial charge in [-0.2, -0.15) is 0 Å². The van der Waals surface area contributed by atoms with Crippen LogP contribution in [0.5, 0.6) is 0 Å². The van der Waals surface area contributed by atoms with E-state index < -0.39 is 6.04 Å². The van der Waals surface area contributed by atoms with Gasteiger partial charge < -0.3 is 10.1 Å². The molecule has 3 rings (SSSR count). The molecule has 1 N–H and O–H groups in total. The van der Waals surface area contributed by atoms with Crippen molar-refractivity contribution in [1.29, 1.82) is 0 Å². The minimum absolute atomic E-state index is 0.0140. The van der Waals surface area contributed by atoms with Crippen molar-refractivity contribution in [2.75, 3.05) is 18.5 Å². The number of hydrogen-bond donors (Lipinski definition) is 1. The number of ether oxygens (including phenoxy) is 1. The number of ketones is 1. The van der Waals surface area contributed by atoms with Crippen molar-refractivity contribution in [3.63, 3.8) is 0 Å². The summed E-state index contributed by atoms with van der Waals surface area (Å²) >= 11 is 0. The Balaban J connectivity index is 1.64. The van der Waals surface area contributed by atoms with E-state index in [1.165, 1.54) is 6.92 Å². The fraction of sp³-hybridized carbons (Fsp3) is 0.286. The lowest BCUT2D eigenvalue weighted by Crippen LogP contribution is -2.49. The van der Waals surface area contributed by atoms with Crippen LogP contribution in [0, 0.1) is 0 Å². The first-order valence-corrected chi connectivity index (χ1v) is 8.88. The molecule has 27 heavy (non-hydrogen) atoms. The number of rotatable bonds is 6. The lowest BCUT2D eigenvalue weighted by molar-refractivity contribution is -0.159. The Kier molecular flexibility index (Phi) is 5.98. The van der Waals surface area contributed by atoms with Crippen LogP contribution in [0.1, 0.15) is 29.3 Å². The number of anilines is 1. The zero-order chi connectivity index (χ0) is 19.2. The second-order valence-electron chi connectivity index (χ2n) is 6.53. The first-order chi connectivity index (χ1) is 13.0. The van der Waals surface area contributed by atoms with E-state index in [4.69, 9.17) is 4.74 Å².